The third-order valence-corrected chi connectivity index (χ3v) is 3.84. The van der Waals surface area contributed by atoms with Gasteiger partial charge in [0.15, 0.2) is 0 Å². The van der Waals surface area contributed by atoms with Gasteiger partial charge in [0.05, 0.1) is 0 Å². The van der Waals surface area contributed by atoms with Gasteiger partial charge in [-0.25, -0.2) is 4.98 Å². The number of nitrogens with zero attached hydrogens (tertiary/aromatic N) is 2. The Morgan fingerprint density at radius 1 is 1.50 bits per heavy atom. The van der Waals surface area contributed by atoms with Gasteiger partial charge in [0.25, 0.3) is 0 Å². The molecular weight excluding hydrogens is 242 g/mol. The highest BCUT2D eigenvalue weighted by molar-refractivity contribution is 9.10. The summed E-state index contributed by atoms with van der Waals surface area (Å²) in [5.41, 5.74) is 6.01. The molecule has 2 saturated heterocycles. The molecule has 2 aliphatic heterocycles. The van der Waals surface area contributed by atoms with E-state index in [0.29, 0.717) is 18.0 Å². The Hall–Kier alpha value is -0.610. The van der Waals surface area contributed by atoms with E-state index in [1.165, 1.54) is 6.42 Å². The minimum atomic E-state index is 0.375. The first-order valence-electron chi connectivity index (χ1n) is 4.89. The monoisotopic (exact) mass is 253 g/mol. The van der Waals surface area contributed by atoms with E-state index in [0.717, 1.165) is 16.8 Å². The molecule has 0 aromatic carbocycles. The second-order valence-electron chi connectivity index (χ2n) is 4.13. The first-order valence-corrected chi connectivity index (χ1v) is 5.69. The molecule has 2 bridgehead atoms. The van der Waals surface area contributed by atoms with Crippen LogP contribution in [0.1, 0.15) is 6.42 Å². The topological polar surface area (TPSA) is 42.1 Å². The lowest BCUT2D eigenvalue weighted by Crippen LogP contribution is -2.49. The number of hydrogen-bond donors (Lipinski definition) is 1. The summed E-state index contributed by atoms with van der Waals surface area (Å²) in [6, 6.07) is 5.00. The van der Waals surface area contributed by atoms with Gasteiger partial charge in [0.1, 0.15) is 5.82 Å². The quantitative estimate of drug-likeness (QED) is 0.823. The lowest BCUT2D eigenvalue weighted by Gasteiger charge is -2.33. The van der Waals surface area contributed by atoms with Crippen molar-refractivity contribution in [2.75, 3.05) is 11.4 Å². The van der Waals surface area contributed by atoms with Crippen LogP contribution in [-0.4, -0.2) is 23.6 Å². The van der Waals surface area contributed by atoms with Gasteiger partial charge >= 0.3 is 0 Å². The smallest absolute Gasteiger partial charge is 0.128 e. The molecule has 1 aromatic heterocycles. The van der Waals surface area contributed by atoms with Crippen LogP contribution in [0.2, 0.25) is 0 Å². The summed E-state index contributed by atoms with van der Waals surface area (Å²) in [4.78, 5) is 6.73. The Balaban J connectivity index is 1.87. The number of rotatable bonds is 1. The van der Waals surface area contributed by atoms with Crippen molar-refractivity contribution in [1.82, 2.24) is 4.98 Å². The Morgan fingerprint density at radius 2 is 2.36 bits per heavy atom. The minimum absolute atomic E-state index is 0.375. The molecule has 4 heteroatoms. The summed E-state index contributed by atoms with van der Waals surface area (Å²) in [5.74, 6) is 1.76. The van der Waals surface area contributed by atoms with Crippen molar-refractivity contribution < 1.29 is 0 Å². The predicted molar refractivity (Wildman–Crippen MR) is 59.2 cm³/mol. The van der Waals surface area contributed by atoms with Crippen LogP contribution < -0.4 is 10.6 Å². The lowest BCUT2D eigenvalue weighted by atomic mass is 9.81. The maximum absolute atomic E-state index is 6.01. The van der Waals surface area contributed by atoms with Crippen molar-refractivity contribution in [2.45, 2.75) is 18.5 Å². The van der Waals surface area contributed by atoms with Crippen molar-refractivity contribution in [3.8, 4) is 0 Å². The molecule has 14 heavy (non-hydrogen) atoms. The van der Waals surface area contributed by atoms with Crippen LogP contribution in [0.15, 0.2) is 22.8 Å². The number of anilines is 1. The van der Waals surface area contributed by atoms with Crippen LogP contribution in [-0.2, 0) is 0 Å². The van der Waals surface area contributed by atoms with E-state index in [4.69, 9.17) is 5.73 Å². The van der Waals surface area contributed by atoms with E-state index in [-0.39, 0.29) is 0 Å². The van der Waals surface area contributed by atoms with E-state index in [1.54, 1.807) is 0 Å². The van der Waals surface area contributed by atoms with Crippen LogP contribution >= 0.6 is 15.9 Å². The van der Waals surface area contributed by atoms with Gasteiger partial charge in [-0.05, 0) is 40.4 Å². The second-order valence-corrected chi connectivity index (χ2v) is 5.04. The first-order chi connectivity index (χ1) is 6.75. The number of nitrogens with two attached hydrogens (primary N) is 1. The van der Waals surface area contributed by atoms with E-state index in [2.05, 4.69) is 31.9 Å². The lowest BCUT2D eigenvalue weighted by molar-refractivity contribution is 0.311. The van der Waals surface area contributed by atoms with Gasteiger partial charge in [0, 0.05) is 29.3 Å². The van der Waals surface area contributed by atoms with Gasteiger partial charge in [-0.15, -0.1) is 0 Å². The SMILES string of the molecule is NC1C2CC1N(c1ccc(Br)cn1)C2. The van der Waals surface area contributed by atoms with Crippen LogP contribution in [0.4, 0.5) is 5.82 Å². The number of fused-ring (bicyclic) bond motifs is 1. The fraction of sp³-hybridized carbons (Fsp3) is 0.500. The molecule has 2 N–H and O–H groups in total. The number of halogens is 1. The molecule has 4 rings (SSSR count). The summed E-state index contributed by atoms with van der Waals surface area (Å²) in [6.07, 6.45) is 3.09. The van der Waals surface area contributed by atoms with Crippen molar-refractivity contribution in [3.05, 3.63) is 22.8 Å². The summed E-state index contributed by atoms with van der Waals surface area (Å²) in [6.45, 7) is 1.08. The van der Waals surface area contributed by atoms with Crippen LogP contribution in [0.3, 0.4) is 0 Å². The summed E-state index contributed by atoms with van der Waals surface area (Å²) < 4.78 is 1.03. The predicted octanol–water partition coefficient (Wildman–Crippen LogP) is 1.38. The van der Waals surface area contributed by atoms with Gasteiger partial charge in [0.2, 0.25) is 0 Å². The maximum atomic E-state index is 6.01. The van der Waals surface area contributed by atoms with Gasteiger partial charge in [-0.1, -0.05) is 0 Å². The highest BCUT2D eigenvalue weighted by Crippen LogP contribution is 2.41. The number of hydrogen-bond acceptors (Lipinski definition) is 3. The van der Waals surface area contributed by atoms with Gasteiger partial charge in [-0.3, -0.25) is 0 Å². The Kier molecular flexibility index (Phi) is 1.82. The molecule has 3 fully saturated rings. The first kappa shape index (κ1) is 8.68. The molecule has 1 aromatic rings. The average Bonchev–Trinajstić information content (AvgIpc) is 2.75. The van der Waals surface area contributed by atoms with Crippen LogP contribution in [0, 0.1) is 5.92 Å². The van der Waals surface area contributed by atoms with Crippen molar-refractivity contribution in [1.29, 1.82) is 0 Å². The van der Waals surface area contributed by atoms with Crippen LogP contribution in [0.25, 0.3) is 0 Å². The zero-order chi connectivity index (χ0) is 9.71. The molecule has 1 saturated carbocycles. The fourth-order valence-electron chi connectivity index (χ4n) is 2.46. The molecule has 1 aliphatic carbocycles. The van der Waals surface area contributed by atoms with E-state index in [1.807, 2.05) is 12.3 Å². The summed E-state index contributed by atoms with van der Waals surface area (Å²) in [5, 5.41) is 0. The zero-order valence-electron chi connectivity index (χ0n) is 7.73. The molecule has 3 nitrogen and oxygen atoms in total. The van der Waals surface area contributed by atoms with Crippen molar-refractivity contribution in [3.63, 3.8) is 0 Å². The summed E-state index contributed by atoms with van der Waals surface area (Å²) >= 11 is 3.39. The van der Waals surface area contributed by atoms with Crippen LogP contribution in [0.5, 0.6) is 0 Å². The normalized spacial score (nSPS) is 34.4. The molecule has 3 aliphatic rings. The Morgan fingerprint density at radius 3 is 2.86 bits per heavy atom. The molecule has 0 radical (unpaired) electrons. The minimum Gasteiger partial charge on any atom is -0.352 e. The fourth-order valence-corrected chi connectivity index (χ4v) is 2.70. The molecular formula is C10H12BrN3. The number of pyridine rings is 1. The number of aromatic nitrogens is 1. The zero-order valence-corrected chi connectivity index (χ0v) is 9.31. The summed E-state index contributed by atoms with van der Waals surface area (Å²) in [7, 11) is 0. The molecule has 0 amide bonds. The van der Waals surface area contributed by atoms with Crippen molar-refractivity contribution >= 4 is 21.7 Å². The van der Waals surface area contributed by atoms with Gasteiger partial charge < -0.3 is 10.6 Å². The largest absolute Gasteiger partial charge is 0.352 e. The average molecular weight is 254 g/mol. The van der Waals surface area contributed by atoms with Gasteiger partial charge in [-0.2, -0.15) is 0 Å². The third kappa shape index (κ3) is 1.10. The Labute approximate surface area is 91.4 Å². The molecule has 74 valence electrons. The van der Waals surface area contributed by atoms with E-state index in [9.17, 15) is 0 Å². The molecule has 3 atom stereocenters. The van der Waals surface area contributed by atoms with Crippen molar-refractivity contribution in [2.24, 2.45) is 11.7 Å². The van der Waals surface area contributed by atoms with E-state index < -0.39 is 0 Å². The molecule has 3 heterocycles. The second kappa shape index (κ2) is 2.94. The standard InChI is InChI=1S/C10H12BrN3/c11-7-1-2-9(13-4-7)14-5-6-3-8(14)10(6)12/h1-2,4,6,8,10H,3,5,12H2. The molecule has 3 unspecified atom stereocenters. The maximum Gasteiger partial charge on any atom is 0.128 e. The van der Waals surface area contributed by atoms with E-state index >= 15 is 0 Å². The third-order valence-electron chi connectivity index (χ3n) is 3.37. The highest BCUT2D eigenvalue weighted by atomic mass is 79.9. The molecule has 0 spiro atoms. The Bertz CT molecular complexity index is 351. The highest BCUT2D eigenvalue weighted by Gasteiger charge is 2.50.